The minimum atomic E-state index is -0.380. The molecule has 0 aliphatic carbocycles. The number of aromatic nitrogens is 3. The van der Waals surface area contributed by atoms with Gasteiger partial charge in [0.2, 0.25) is 0 Å². The van der Waals surface area contributed by atoms with Crippen molar-refractivity contribution in [2.45, 2.75) is 53.3 Å². The molecular formula is C25H34ClN3O5. The van der Waals surface area contributed by atoms with Crippen LogP contribution in [0.2, 0.25) is 5.02 Å². The summed E-state index contributed by atoms with van der Waals surface area (Å²) in [5.41, 5.74) is 5.18. The van der Waals surface area contributed by atoms with Crippen LogP contribution in [0.15, 0.2) is 12.1 Å². The van der Waals surface area contributed by atoms with Crippen molar-refractivity contribution in [2.75, 3.05) is 34.0 Å². The second-order valence-electron chi connectivity index (χ2n) is 8.18. The van der Waals surface area contributed by atoms with E-state index in [0.29, 0.717) is 49.3 Å². The Morgan fingerprint density at radius 3 is 2.53 bits per heavy atom. The van der Waals surface area contributed by atoms with E-state index >= 15 is 0 Å². The van der Waals surface area contributed by atoms with Crippen molar-refractivity contribution in [1.29, 1.82) is 0 Å². The summed E-state index contributed by atoms with van der Waals surface area (Å²) in [6, 6.07) is 3.78. The van der Waals surface area contributed by atoms with Gasteiger partial charge in [-0.1, -0.05) is 24.9 Å². The Kier molecular flexibility index (Phi) is 9.13. The lowest BCUT2D eigenvalue weighted by molar-refractivity contribution is 0.0588. The lowest BCUT2D eigenvalue weighted by Gasteiger charge is -2.12. The maximum Gasteiger partial charge on any atom is 0.354 e. The molecule has 3 rings (SSSR count). The molecule has 0 aliphatic rings. The molecule has 0 aliphatic heterocycles. The smallest absolute Gasteiger partial charge is 0.354 e. The fourth-order valence-electron chi connectivity index (χ4n) is 4.46. The maximum absolute atomic E-state index is 12.8. The average molecular weight is 492 g/mol. The van der Waals surface area contributed by atoms with E-state index in [1.807, 2.05) is 30.5 Å². The van der Waals surface area contributed by atoms with Crippen LogP contribution in [-0.4, -0.2) is 59.5 Å². The molecule has 8 nitrogen and oxygen atoms in total. The molecule has 0 saturated carbocycles. The summed E-state index contributed by atoms with van der Waals surface area (Å²) in [5, 5.41) is 16.4. The zero-order valence-electron chi connectivity index (χ0n) is 20.6. The highest BCUT2D eigenvalue weighted by atomic mass is 35.5. The molecule has 2 heterocycles. The fourth-order valence-corrected chi connectivity index (χ4v) is 4.71. The summed E-state index contributed by atoms with van der Waals surface area (Å²) >= 11 is 6.78. The van der Waals surface area contributed by atoms with Gasteiger partial charge < -0.3 is 23.9 Å². The number of esters is 1. The third kappa shape index (κ3) is 5.00. The van der Waals surface area contributed by atoms with E-state index in [9.17, 15) is 9.90 Å². The van der Waals surface area contributed by atoms with Gasteiger partial charge in [-0.15, -0.1) is 0 Å². The van der Waals surface area contributed by atoms with E-state index < -0.39 is 0 Å². The first-order valence-corrected chi connectivity index (χ1v) is 11.9. The molecule has 34 heavy (non-hydrogen) atoms. The average Bonchev–Trinajstić information content (AvgIpc) is 3.29. The highest BCUT2D eigenvalue weighted by Gasteiger charge is 2.27. The number of unbranched alkanes of at least 4 members (excludes halogenated alkanes) is 1. The largest absolute Gasteiger partial charge is 0.464 e. The van der Waals surface area contributed by atoms with E-state index in [1.54, 1.807) is 11.8 Å². The van der Waals surface area contributed by atoms with Gasteiger partial charge in [0, 0.05) is 40.7 Å². The Labute approximate surface area is 205 Å². The number of carbonyl (C=O) groups is 1. The molecule has 0 unspecified atom stereocenters. The topological polar surface area (TPSA) is 87.7 Å². The highest BCUT2D eigenvalue weighted by molar-refractivity contribution is 6.35. The number of rotatable bonds is 12. The van der Waals surface area contributed by atoms with Crippen LogP contribution in [0.1, 0.15) is 47.2 Å². The Morgan fingerprint density at radius 2 is 1.88 bits per heavy atom. The minimum Gasteiger partial charge on any atom is -0.464 e. The van der Waals surface area contributed by atoms with Crippen LogP contribution in [0, 0.1) is 13.8 Å². The van der Waals surface area contributed by atoms with Crippen molar-refractivity contribution in [3.63, 3.8) is 0 Å². The molecule has 0 atom stereocenters. The van der Waals surface area contributed by atoms with Crippen LogP contribution < -0.4 is 0 Å². The number of fused-ring (bicyclic) bond motifs is 1. The molecule has 0 fully saturated rings. The lowest BCUT2D eigenvalue weighted by Crippen LogP contribution is -2.12. The number of carbonyl (C=O) groups excluding carboxylic acids is 1. The number of aryl methyl sites for hydroxylation is 3. The molecule has 1 aromatic carbocycles. The van der Waals surface area contributed by atoms with E-state index in [2.05, 4.69) is 12.0 Å². The van der Waals surface area contributed by atoms with Crippen molar-refractivity contribution < 1.29 is 24.1 Å². The number of hydrogen-bond donors (Lipinski definition) is 1. The van der Waals surface area contributed by atoms with Gasteiger partial charge in [0.25, 0.3) is 0 Å². The molecule has 0 radical (unpaired) electrons. The molecule has 0 saturated heterocycles. The Morgan fingerprint density at radius 1 is 1.12 bits per heavy atom. The summed E-state index contributed by atoms with van der Waals surface area (Å²) < 4.78 is 19.5. The van der Waals surface area contributed by atoms with Crippen LogP contribution in [0.3, 0.4) is 0 Å². The number of aliphatic hydroxyl groups excluding tert-OH is 1. The van der Waals surface area contributed by atoms with Crippen molar-refractivity contribution in [2.24, 2.45) is 0 Å². The zero-order valence-corrected chi connectivity index (χ0v) is 21.4. The molecule has 9 heteroatoms. The molecule has 0 spiro atoms. The summed E-state index contributed by atoms with van der Waals surface area (Å²) in [5.74, 6) is -0.380. The number of nitrogens with zero attached hydrogens (tertiary/aromatic N) is 3. The van der Waals surface area contributed by atoms with Crippen molar-refractivity contribution in [3.8, 4) is 11.1 Å². The number of aliphatic hydroxyl groups is 1. The van der Waals surface area contributed by atoms with Gasteiger partial charge in [-0.05, 0) is 38.0 Å². The first-order chi connectivity index (χ1) is 16.4. The molecule has 186 valence electrons. The first-order valence-electron chi connectivity index (χ1n) is 11.5. The van der Waals surface area contributed by atoms with Crippen LogP contribution in [-0.2, 0) is 33.9 Å². The summed E-state index contributed by atoms with van der Waals surface area (Å²) in [6.07, 6.45) is 1.92. The number of halogens is 1. The Hall–Kier alpha value is -2.39. The predicted molar refractivity (Wildman–Crippen MR) is 133 cm³/mol. The maximum atomic E-state index is 12.8. The predicted octanol–water partition coefficient (Wildman–Crippen LogP) is 4.52. The van der Waals surface area contributed by atoms with Gasteiger partial charge in [-0.25, -0.2) is 4.79 Å². The normalized spacial score (nSPS) is 11.5. The van der Waals surface area contributed by atoms with Gasteiger partial charge in [0.15, 0.2) is 0 Å². The van der Waals surface area contributed by atoms with Crippen LogP contribution in [0.25, 0.3) is 22.0 Å². The van der Waals surface area contributed by atoms with E-state index in [-0.39, 0.29) is 12.6 Å². The quantitative estimate of drug-likeness (QED) is 0.296. The summed E-state index contributed by atoms with van der Waals surface area (Å²) in [7, 11) is 3.02. The standard InChI is InChI=1S/C25H34ClN3O5/c1-6-7-10-28-19-9-8-18(26)23(21(19)16(2)24(28)25(31)33-5)22-17(3)27-29(20(22)15-30)11-12-34-14-13-32-4/h8-9,30H,6-7,10-15H2,1-5H3. The zero-order chi connectivity index (χ0) is 24.8. The second kappa shape index (κ2) is 11.8. The third-order valence-corrected chi connectivity index (χ3v) is 6.36. The summed E-state index contributed by atoms with van der Waals surface area (Å²) in [6.45, 7) is 8.34. The van der Waals surface area contributed by atoms with Gasteiger partial charge >= 0.3 is 5.97 Å². The fraction of sp³-hybridized carbons (Fsp3) is 0.520. The van der Waals surface area contributed by atoms with Gasteiger partial charge in [-0.3, -0.25) is 4.68 Å². The Balaban J connectivity index is 2.19. The van der Waals surface area contributed by atoms with Gasteiger partial charge in [-0.2, -0.15) is 5.10 Å². The molecule has 3 aromatic rings. The van der Waals surface area contributed by atoms with Crippen molar-refractivity contribution in [1.82, 2.24) is 14.3 Å². The molecule has 1 N–H and O–H groups in total. The lowest BCUT2D eigenvalue weighted by atomic mass is 9.97. The number of benzene rings is 1. The SMILES string of the molecule is CCCCn1c(C(=O)OC)c(C)c2c(-c3c(C)nn(CCOCCOC)c3CO)c(Cl)ccc21. The molecular weight excluding hydrogens is 458 g/mol. The van der Waals surface area contributed by atoms with Crippen LogP contribution >= 0.6 is 11.6 Å². The van der Waals surface area contributed by atoms with E-state index in [0.717, 1.165) is 46.1 Å². The minimum absolute atomic E-state index is 0.208. The Bertz CT molecular complexity index is 1150. The van der Waals surface area contributed by atoms with Crippen molar-refractivity contribution >= 4 is 28.5 Å². The number of hydrogen-bond acceptors (Lipinski definition) is 6. The van der Waals surface area contributed by atoms with E-state index in [4.69, 9.17) is 25.8 Å². The highest BCUT2D eigenvalue weighted by Crippen LogP contribution is 2.42. The third-order valence-electron chi connectivity index (χ3n) is 6.05. The van der Waals surface area contributed by atoms with Crippen LogP contribution in [0.4, 0.5) is 0 Å². The number of ether oxygens (including phenoxy) is 3. The number of methoxy groups -OCH3 is 2. The van der Waals surface area contributed by atoms with Crippen molar-refractivity contribution in [3.05, 3.63) is 39.8 Å². The first kappa shape index (κ1) is 26.2. The molecule has 2 aromatic heterocycles. The summed E-state index contributed by atoms with van der Waals surface area (Å²) in [4.78, 5) is 12.8. The van der Waals surface area contributed by atoms with Gasteiger partial charge in [0.1, 0.15) is 5.69 Å². The van der Waals surface area contributed by atoms with Gasteiger partial charge in [0.05, 0.1) is 51.5 Å². The van der Waals surface area contributed by atoms with Crippen LogP contribution in [0.5, 0.6) is 0 Å². The monoisotopic (exact) mass is 491 g/mol. The molecule has 0 amide bonds. The second-order valence-corrected chi connectivity index (χ2v) is 8.59. The molecule has 0 bridgehead atoms. The van der Waals surface area contributed by atoms with E-state index in [1.165, 1.54) is 7.11 Å².